The van der Waals surface area contributed by atoms with Crippen molar-refractivity contribution in [1.29, 1.82) is 0 Å². The predicted molar refractivity (Wildman–Crippen MR) is 102 cm³/mol. The van der Waals surface area contributed by atoms with E-state index < -0.39 is 33.9 Å². The van der Waals surface area contributed by atoms with Crippen molar-refractivity contribution >= 4 is 15.9 Å². The molecule has 0 radical (unpaired) electrons. The minimum Gasteiger partial charge on any atom is -0.387 e. The molecule has 2 unspecified atom stereocenters. The monoisotopic (exact) mass is 406 g/mol. The maximum absolute atomic E-state index is 13.0. The number of hydrogen-bond acceptors (Lipinski definition) is 4. The van der Waals surface area contributed by atoms with Crippen LogP contribution in [0.1, 0.15) is 30.9 Å². The van der Waals surface area contributed by atoms with Crippen molar-refractivity contribution in [3.05, 3.63) is 66.0 Å². The summed E-state index contributed by atoms with van der Waals surface area (Å²) in [4.78, 5) is 12.8. The highest BCUT2D eigenvalue weighted by Gasteiger charge is 2.37. The Hall–Kier alpha value is -2.29. The molecule has 6 nitrogen and oxygen atoms in total. The smallest absolute Gasteiger partial charge is 0.243 e. The summed E-state index contributed by atoms with van der Waals surface area (Å²) < 4.78 is 40.1. The van der Waals surface area contributed by atoms with Crippen LogP contribution >= 0.6 is 0 Å². The number of nitrogens with one attached hydrogen (secondary N) is 1. The minimum atomic E-state index is -3.78. The Morgan fingerprint density at radius 2 is 1.82 bits per heavy atom. The molecule has 3 rings (SSSR count). The number of benzene rings is 2. The van der Waals surface area contributed by atoms with Crippen LogP contribution in [0.25, 0.3) is 0 Å². The Balaban J connectivity index is 1.69. The number of aliphatic hydroxyl groups is 1. The Morgan fingerprint density at radius 3 is 2.50 bits per heavy atom. The summed E-state index contributed by atoms with van der Waals surface area (Å²) in [6.07, 6.45) is 0.852. The highest BCUT2D eigenvalue weighted by Crippen LogP contribution is 2.25. The first kappa shape index (κ1) is 20.4. The molecule has 1 saturated heterocycles. The third-order valence-electron chi connectivity index (χ3n) is 4.83. The second-order valence-electron chi connectivity index (χ2n) is 6.75. The Bertz CT molecular complexity index is 904. The van der Waals surface area contributed by atoms with Gasteiger partial charge in [0.15, 0.2) is 0 Å². The number of carbonyl (C=O) groups is 1. The first-order valence-corrected chi connectivity index (χ1v) is 10.6. The molecule has 2 aromatic rings. The van der Waals surface area contributed by atoms with E-state index >= 15 is 0 Å². The molecule has 28 heavy (non-hydrogen) atoms. The number of rotatable bonds is 6. The van der Waals surface area contributed by atoms with Gasteiger partial charge in [0, 0.05) is 13.1 Å². The SMILES string of the molecule is O=C(NCC(O)c1ccc(F)cc1)C1CCCCN1S(=O)(=O)c1ccccc1. The lowest BCUT2D eigenvalue weighted by Crippen LogP contribution is -2.52. The molecule has 1 fully saturated rings. The van der Waals surface area contributed by atoms with Crippen LogP contribution in [0.4, 0.5) is 4.39 Å². The lowest BCUT2D eigenvalue weighted by atomic mass is 10.0. The number of halogens is 1. The molecular weight excluding hydrogens is 383 g/mol. The first-order valence-electron chi connectivity index (χ1n) is 9.18. The van der Waals surface area contributed by atoms with Gasteiger partial charge in [-0.3, -0.25) is 4.79 Å². The second-order valence-corrected chi connectivity index (χ2v) is 8.64. The number of carbonyl (C=O) groups excluding carboxylic acids is 1. The minimum absolute atomic E-state index is 0.0831. The van der Waals surface area contributed by atoms with Crippen LogP contribution in [-0.2, 0) is 14.8 Å². The molecule has 0 aromatic heterocycles. The molecule has 150 valence electrons. The number of nitrogens with zero attached hydrogens (tertiary/aromatic N) is 1. The first-order chi connectivity index (χ1) is 13.4. The predicted octanol–water partition coefficient (Wildman–Crippen LogP) is 2.22. The number of hydrogen-bond donors (Lipinski definition) is 2. The summed E-state index contributed by atoms with van der Waals surface area (Å²) in [5, 5.41) is 12.8. The van der Waals surface area contributed by atoms with Gasteiger partial charge in [-0.25, -0.2) is 12.8 Å². The Kier molecular flexibility index (Phi) is 6.43. The fraction of sp³-hybridized carbons (Fsp3) is 0.350. The van der Waals surface area contributed by atoms with Crippen LogP contribution in [0, 0.1) is 5.82 Å². The van der Waals surface area contributed by atoms with Gasteiger partial charge in [-0.1, -0.05) is 36.8 Å². The summed E-state index contributed by atoms with van der Waals surface area (Å²) in [6.45, 7) is 0.190. The van der Waals surface area contributed by atoms with E-state index in [1.165, 1.54) is 40.7 Å². The zero-order valence-corrected chi connectivity index (χ0v) is 16.1. The van der Waals surface area contributed by atoms with Crippen LogP contribution in [-0.4, -0.2) is 42.9 Å². The van der Waals surface area contributed by atoms with Crippen molar-refractivity contribution < 1.29 is 22.7 Å². The molecule has 1 aliphatic rings. The van der Waals surface area contributed by atoms with Crippen LogP contribution in [0.15, 0.2) is 59.5 Å². The molecular formula is C20H23FN2O4S. The summed E-state index contributed by atoms with van der Waals surface area (Å²) in [5.41, 5.74) is 0.471. The van der Waals surface area contributed by atoms with Crippen molar-refractivity contribution in [2.75, 3.05) is 13.1 Å². The van der Waals surface area contributed by atoms with Gasteiger partial charge in [-0.15, -0.1) is 0 Å². The van der Waals surface area contributed by atoms with E-state index in [-0.39, 0.29) is 18.0 Å². The van der Waals surface area contributed by atoms with Gasteiger partial charge in [-0.05, 0) is 42.7 Å². The van der Waals surface area contributed by atoms with E-state index in [1.54, 1.807) is 18.2 Å². The maximum atomic E-state index is 13.0. The van der Waals surface area contributed by atoms with Gasteiger partial charge in [0.2, 0.25) is 15.9 Å². The Morgan fingerprint density at radius 1 is 1.14 bits per heavy atom. The van der Waals surface area contributed by atoms with Crippen molar-refractivity contribution in [2.24, 2.45) is 0 Å². The summed E-state index contributed by atoms with van der Waals surface area (Å²) >= 11 is 0. The number of sulfonamides is 1. The lowest BCUT2D eigenvalue weighted by Gasteiger charge is -2.33. The molecule has 2 aromatic carbocycles. The summed E-state index contributed by atoms with van der Waals surface area (Å²) in [6, 6.07) is 12.6. The van der Waals surface area contributed by atoms with E-state index in [9.17, 15) is 22.7 Å². The zero-order valence-electron chi connectivity index (χ0n) is 15.3. The Labute approximate surface area is 164 Å². The quantitative estimate of drug-likeness (QED) is 0.770. The summed E-state index contributed by atoms with van der Waals surface area (Å²) in [5.74, 6) is -0.857. The topological polar surface area (TPSA) is 86.7 Å². The molecule has 0 saturated carbocycles. The van der Waals surface area contributed by atoms with Crippen molar-refractivity contribution in [3.63, 3.8) is 0 Å². The normalized spacial score (nSPS) is 19.1. The van der Waals surface area contributed by atoms with Crippen LogP contribution in [0.5, 0.6) is 0 Å². The third-order valence-corrected chi connectivity index (χ3v) is 6.75. The number of amides is 1. The average Bonchev–Trinajstić information content (AvgIpc) is 2.73. The highest BCUT2D eigenvalue weighted by atomic mass is 32.2. The van der Waals surface area contributed by atoms with Gasteiger partial charge in [0.05, 0.1) is 11.0 Å². The van der Waals surface area contributed by atoms with E-state index in [4.69, 9.17) is 0 Å². The molecule has 0 bridgehead atoms. The van der Waals surface area contributed by atoms with Gasteiger partial charge >= 0.3 is 0 Å². The van der Waals surface area contributed by atoms with Crippen molar-refractivity contribution in [1.82, 2.24) is 9.62 Å². The zero-order chi connectivity index (χ0) is 20.1. The molecule has 2 atom stereocenters. The van der Waals surface area contributed by atoms with E-state index in [0.717, 1.165) is 6.42 Å². The molecule has 0 aliphatic carbocycles. The van der Waals surface area contributed by atoms with Crippen LogP contribution in [0.2, 0.25) is 0 Å². The van der Waals surface area contributed by atoms with Gasteiger partial charge in [0.25, 0.3) is 0 Å². The fourth-order valence-corrected chi connectivity index (χ4v) is 4.98. The average molecular weight is 406 g/mol. The van der Waals surface area contributed by atoms with Gasteiger partial charge < -0.3 is 10.4 Å². The second kappa shape index (κ2) is 8.81. The lowest BCUT2D eigenvalue weighted by molar-refractivity contribution is -0.126. The van der Waals surface area contributed by atoms with Crippen molar-refractivity contribution in [3.8, 4) is 0 Å². The third kappa shape index (κ3) is 4.57. The molecule has 1 heterocycles. The standard InChI is InChI=1S/C20H23FN2O4S/c21-16-11-9-15(10-12-16)19(24)14-22-20(25)18-8-4-5-13-23(18)28(26,27)17-6-2-1-3-7-17/h1-3,6-7,9-12,18-19,24H,4-5,8,13-14H2,(H,22,25). The molecule has 8 heteroatoms. The highest BCUT2D eigenvalue weighted by molar-refractivity contribution is 7.89. The van der Waals surface area contributed by atoms with Gasteiger partial charge in [-0.2, -0.15) is 4.31 Å². The van der Waals surface area contributed by atoms with E-state index in [0.29, 0.717) is 18.4 Å². The molecule has 1 aliphatic heterocycles. The largest absolute Gasteiger partial charge is 0.387 e. The summed E-state index contributed by atoms with van der Waals surface area (Å²) in [7, 11) is -3.78. The molecule has 2 N–H and O–H groups in total. The maximum Gasteiger partial charge on any atom is 0.243 e. The van der Waals surface area contributed by atoms with E-state index in [1.807, 2.05) is 0 Å². The molecule has 1 amide bonds. The van der Waals surface area contributed by atoms with Gasteiger partial charge in [0.1, 0.15) is 11.9 Å². The molecule has 0 spiro atoms. The van der Waals surface area contributed by atoms with Crippen LogP contribution < -0.4 is 5.32 Å². The van der Waals surface area contributed by atoms with Crippen molar-refractivity contribution in [2.45, 2.75) is 36.3 Å². The number of piperidine rings is 1. The number of aliphatic hydroxyl groups excluding tert-OH is 1. The fourth-order valence-electron chi connectivity index (χ4n) is 3.30. The van der Waals surface area contributed by atoms with Crippen LogP contribution in [0.3, 0.4) is 0 Å². The van der Waals surface area contributed by atoms with E-state index in [2.05, 4.69) is 5.32 Å².